The molecular weight excluding hydrogens is 299 g/mol. The van der Waals surface area contributed by atoms with Crippen LogP contribution in [0, 0.1) is 0 Å². The largest absolute Gasteiger partial charge is 0.376 e. The van der Waals surface area contributed by atoms with Gasteiger partial charge in [0.05, 0.1) is 13.2 Å². The molecule has 1 rings (SSSR count). The molecule has 1 aromatic rings. The molecule has 1 aromatic carbocycles. The molecule has 0 aliphatic heterocycles. The number of benzene rings is 1. The van der Waals surface area contributed by atoms with Crippen molar-refractivity contribution in [3.05, 3.63) is 48.0 Å². The Hall–Kier alpha value is -0.350. The van der Waals surface area contributed by atoms with Gasteiger partial charge in [-0.1, -0.05) is 65.1 Å². The van der Waals surface area contributed by atoms with Crippen LogP contribution in [0.25, 0.3) is 0 Å². The zero-order valence-corrected chi connectivity index (χ0v) is 11.1. The zero-order valence-electron chi connectivity index (χ0n) is 8.92. The summed E-state index contributed by atoms with van der Waals surface area (Å²) in [5.41, 5.74) is 2.52. The molecule has 0 atom stereocenters. The lowest BCUT2D eigenvalue weighted by atomic mass is 10.2. The summed E-state index contributed by atoms with van der Waals surface area (Å²) in [6, 6.07) is 10.3. The maximum atomic E-state index is 5.57. The second-order valence-corrected chi connectivity index (χ2v) is 4.56. The fourth-order valence-electron chi connectivity index (χ4n) is 1.24. The molecule has 0 aliphatic carbocycles. The van der Waals surface area contributed by atoms with Crippen LogP contribution in [-0.2, 0) is 11.3 Å². The van der Waals surface area contributed by atoms with Crippen molar-refractivity contribution in [2.75, 3.05) is 11.0 Å². The monoisotopic (exact) mass is 316 g/mol. The first-order chi connectivity index (χ1) is 7.33. The lowest BCUT2D eigenvalue weighted by Crippen LogP contribution is -1.97. The Kier molecular flexibility index (Phi) is 6.68. The lowest BCUT2D eigenvalue weighted by molar-refractivity contribution is 0.123. The molecule has 0 spiro atoms. The molecule has 0 N–H and O–H groups in total. The van der Waals surface area contributed by atoms with Crippen molar-refractivity contribution in [1.29, 1.82) is 0 Å². The molecule has 2 heteroatoms. The van der Waals surface area contributed by atoms with E-state index in [2.05, 4.69) is 41.3 Å². The minimum absolute atomic E-state index is 0.707. The van der Waals surface area contributed by atoms with Gasteiger partial charge in [-0.05, 0) is 18.4 Å². The summed E-state index contributed by atoms with van der Waals surface area (Å²) in [6.45, 7) is 5.49. The van der Waals surface area contributed by atoms with Gasteiger partial charge in [-0.3, -0.25) is 0 Å². The van der Waals surface area contributed by atoms with Crippen molar-refractivity contribution >= 4 is 22.6 Å². The number of hydrogen-bond acceptors (Lipinski definition) is 1. The number of ether oxygens (including phenoxy) is 1. The van der Waals surface area contributed by atoms with Gasteiger partial charge in [-0.25, -0.2) is 0 Å². The van der Waals surface area contributed by atoms with Crippen molar-refractivity contribution in [2.24, 2.45) is 0 Å². The summed E-state index contributed by atoms with van der Waals surface area (Å²) in [5.74, 6) is 0. The Morgan fingerprint density at radius 2 is 1.93 bits per heavy atom. The van der Waals surface area contributed by atoms with Crippen LogP contribution >= 0.6 is 22.6 Å². The van der Waals surface area contributed by atoms with Gasteiger partial charge < -0.3 is 4.74 Å². The molecule has 0 saturated carbocycles. The van der Waals surface area contributed by atoms with Gasteiger partial charge in [0.2, 0.25) is 0 Å². The smallest absolute Gasteiger partial charge is 0.0717 e. The summed E-state index contributed by atoms with van der Waals surface area (Å²) in [4.78, 5) is 0. The molecule has 0 unspecified atom stereocenters. The highest BCUT2D eigenvalue weighted by molar-refractivity contribution is 14.1. The molecule has 0 fully saturated rings. The Balaban J connectivity index is 2.10. The first-order valence-corrected chi connectivity index (χ1v) is 6.70. The van der Waals surface area contributed by atoms with E-state index in [9.17, 15) is 0 Å². The maximum absolute atomic E-state index is 5.57. The molecular formula is C13H17IO. The van der Waals surface area contributed by atoms with E-state index in [1.165, 1.54) is 11.1 Å². The molecule has 0 aromatic heterocycles. The number of rotatable bonds is 7. The first kappa shape index (κ1) is 12.7. The quantitative estimate of drug-likeness (QED) is 0.320. The highest BCUT2D eigenvalue weighted by Gasteiger charge is 1.95. The molecule has 0 heterocycles. The van der Waals surface area contributed by atoms with E-state index in [1.807, 2.05) is 18.2 Å². The van der Waals surface area contributed by atoms with Crippen molar-refractivity contribution < 1.29 is 4.74 Å². The molecule has 0 saturated heterocycles. The topological polar surface area (TPSA) is 9.23 Å². The minimum Gasteiger partial charge on any atom is -0.376 e. The fraction of sp³-hybridized carbons (Fsp3) is 0.385. The minimum atomic E-state index is 0.707. The first-order valence-electron chi connectivity index (χ1n) is 5.17. The van der Waals surface area contributed by atoms with Crippen LogP contribution in [0.4, 0.5) is 0 Å². The predicted molar refractivity (Wildman–Crippen MR) is 73.4 cm³/mol. The van der Waals surface area contributed by atoms with Crippen LogP contribution in [0.3, 0.4) is 0 Å². The van der Waals surface area contributed by atoms with E-state index in [0.717, 1.165) is 23.9 Å². The number of halogens is 1. The summed E-state index contributed by atoms with van der Waals surface area (Å²) in [7, 11) is 0. The Labute approximate surface area is 106 Å². The Morgan fingerprint density at radius 1 is 1.20 bits per heavy atom. The zero-order chi connectivity index (χ0) is 10.9. The van der Waals surface area contributed by atoms with Crippen molar-refractivity contribution in [1.82, 2.24) is 0 Å². The highest BCUT2D eigenvalue weighted by atomic mass is 127. The van der Waals surface area contributed by atoms with Crippen LogP contribution in [0.15, 0.2) is 42.5 Å². The molecule has 0 aliphatic rings. The third-order valence-electron chi connectivity index (χ3n) is 2.16. The van der Waals surface area contributed by atoms with Crippen LogP contribution in [-0.4, -0.2) is 11.0 Å². The second kappa shape index (κ2) is 7.88. The van der Waals surface area contributed by atoms with Gasteiger partial charge in [-0.15, -0.1) is 0 Å². The molecule has 15 heavy (non-hydrogen) atoms. The number of hydrogen-bond donors (Lipinski definition) is 0. The fourth-order valence-corrected chi connectivity index (χ4v) is 2.00. The summed E-state index contributed by atoms with van der Waals surface area (Å²) in [6.07, 6.45) is 2.09. The van der Waals surface area contributed by atoms with Crippen molar-refractivity contribution in [3.63, 3.8) is 0 Å². The SMILES string of the molecule is C=C(CCI)CCOCc1ccccc1. The third-order valence-corrected chi connectivity index (χ3v) is 2.70. The standard InChI is InChI=1S/C13H17IO/c1-12(7-9-14)8-10-15-11-13-5-3-2-4-6-13/h2-6H,1,7-11H2. The van der Waals surface area contributed by atoms with E-state index in [0.29, 0.717) is 6.61 Å². The molecule has 0 radical (unpaired) electrons. The molecule has 0 bridgehead atoms. The molecule has 0 amide bonds. The van der Waals surface area contributed by atoms with Gasteiger partial charge in [0.1, 0.15) is 0 Å². The molecule has 1 nitrogen and oxygen atoms in total. The predicted octanol–water partition coefficient (Wildman–Crippen LogP) is 3.97. The van der Waals surface area contributed by atoms with E-state index >= 15 is 0 Å². The van der Waals surface area contributed by atoms with E-state index < -0.39 is 0 Å². The van der Waals surface area contributed by atoms with Crippen LogP contribution in [0.2, 0.25) is 0 Å². The lowest BCUT2D eigenvalue weighted by Gasteiger charge is -2.05. The third kappa shape index (κ3) is 5.95. The highest BCUT2D eigenvalue weighted by Crippen LogP contribution is 2.07. The van der Waals surface area contributed by atoms with E-state index in [1.54, 1.807) is 0 Å². The van der Waals surface area contributed by atoms with Gasteiger partial charge in [0, 0.05) is 4.43 Å². The summed E-state index contributed by atoms with van der Waals surface area (Å²) in [5, 5.41) is 0. The van der Waals surface area contributed by atoms with Crippen LogP contribution in [0.5, 0.6) is 0 Å². The van der Waals surface area contributed by atoms with Gasteiger partial charge in [-0.2, -0.15) is 0 Å². The van der Waals surface area contributed by atoms with Crippen LogP contribution in [0.1, 0.15) is 18.4 Å². The van der Waals surface area contributed by atoms with Crippen molar-refractivity contribution in [2.45, 2.75) is 19.4 Å². The Bertz CT molecular complexity index is 282. The second-order valence-electron chi connectivity index (χ2n) is 3.48. The number of alkyl halides is 1. The normalized spacial score (nSPS) is 10.2. The van der Waals surface area contributed by atoms with Crippen LogP contribution < -0.4 is 0 Å². The Morgan fingerprint density at radius 3 is 2.60 bits per heavy atom. The average Bonchev–Trinajstić information content (AvgIpc) is 2.26. The summed E-state index contributed by atoms with van der Waals surface area (Å²) >= 11 is 2.37. The average molecular weight is 316 g/mol. The molecule has 82 valence electrons. The van der Waals surface area contributed by atoms with Gasteiger partial charge in [0.25, 0.3) is 0 Å². The van der Waals surface area contributed by atoms with E-state index in [-0.39, 0.29) is 0 Å². The van der Waals surface area contributed by atoms with Gasteiger partial charge >= 0.3 is 0 Å². The van der Waals surface area contributed by atoms with Crippen molar-refractivity contribution in [3.8, 4) is 0 Å². The maximum Gasteiger partial charge on any atom is 0.0717 e. The summed E-state index contributed by atoms with van der Waals surface area (Å²) < 4.78 is 6.72. The van der Waals surface area contributed by atoms with E-state index in [4.69, 9.17) is 4.74 Å². The van der Waals surface area contributed by atoms with Gasteiger partial charge in [0.15, 0.2) is 0 Å².